The highest BCUT2D eigenvalue weighted by atomic mass is 16.5. The highest BCUT2D eigenvalue weighted by Crippen LogP contribution is 2.16. The van der Waals surface area contributed by atoms with Crippen LogP contribution in [-0.4, -0.2) is 23.4 Å². The Balaban J connectivity index is 2.51. The molecule has 0 saturated carbocycles. The van der Waals surface area contributed by atoms with Gasteiger partial charge in [0.25, 0.3) is 0 Å². The first-order chi connectivity index (χ1) is 7.93. The van der Waals surface area contributed by atoms with Gasteiger partial charge in [-0.15, -0.1) is 0 Å². The molecule has 0 bridgehead atoms. The standard InChI is InChI=1S/C14H23NO2/c1-4-14(3,16)10-17-13-7-5-12(6-8-13)9-11(2)15/h5-8,11,16H,4,9-10,15H2,1-3H3. The number of rotatable bonds is 6. The van der Waals surface area contributed by atoms with E-state index in [0.717, 1.165) is 12.2 Å². The minimum Gasteiger partial charge on any atom is -0.491 e. The van der Waals surface area contributed by atoms with Crippen LogP contribution < -0.4 is 10.5 Å². The molecule has 17 heavy (non-hydrogen) atoms. The van der Waals surface area contributed by atoms with Crippen molar-refractivity contribution in [2.24, 2.45) is 5.73 Å². The van der Waals surface area contributed by atoms with E-state index in [0.29, 0.717) is 13.0 Å². The Morgan fingerprint density at radius 2 is 1.94 bits per heavy atom. The number of hydrogen-bond donors (Lipinski definition) is 2. The topological polar surface area (TPSA) is 55.5 Å². The smallest absolute Gasteiger partial charge is 0.119 e. The number of ether oxygens (including phenoxy) is 1. The van der Waals surface area contributed by atoms with Crippen LogP contribution in [0, 0.1) is 0 Å². The first-order valence-electron chi connectivity index (χ1n) is 6.12. The first kappa shape index (κ1) is 14.0. The molecular formula is C14H23NO2. The zero-order chi connectivity index (χ0) is 12.9. The van der Waals surface area contributed by atoms with Gasteiger partial charge in [0.05, 0.1) is 5.60 Å². The van der Waals surface area contributed by atoms with Gasteiger partial charge in [-0.3, -0.25) is 0 Å². The molecule has 1 rings (SSSR count). The molecule has 3 heteroatoms. The van der Waals surface area contributed by atoms with E-state index in [2.05, 4.69) is 0 Å². The average Bonchev–Trinajstić information content (AvgIpc) is 2.28. The van der Waals surface area contributed by atoms with E-state index in [1.165, 1.54) is 5.56 Å². The van der Waals surface area contributed by atoms with Gasteiger partial charge in [0.15, 0.2) is 0 Å². The molecule has 0 fully saturated rings. The second-order valence-electron chi connectivity index (χ2n) is 4.96. The summed E-state index contributed by atoms with van der Waals surface area (Å²) in [5.74, 6) is 0.784. The van der Waals surface area contributed by atoms with Crippen LogP contribution in [0.25, 0.3) is 0 Å². The van der Waals surface area contributed by atoms with Crippen molar-refractivity contribution in [1.82, 2.24) is 0 Å². The lowest BCUT2D eigenvalue weighted by atomic mass is 10.1. The van der Waals surface area contributed by atoms with E-state index in [9.17, 15) is 5.11 Å². The fourth-order valence-electron chi connectivity index (χ4n) is 1.43. The molecule has 0 heterocycles. The molecule has 3 N–H and O–H groups in total. The third kappa shape index (κ3) is 5.20. The molecule has 0 amide bonds. The van der Waals surface area contributed by atoms with Crippen molar-refractivity contribution >= 4 is 0 Å². The Hall–Kier alpha value is -1.06. The molecule has 0 saturated heterocycles. The lowest BCUT2D eigenvalue weighted by Crippen LogP contribution is -2.31. The lowest BCUT2D eigenvalue weighted by molar-refractivity contribution is 0.00847. The average molecular weight is 237 g/mol. The van der Waals surface area contributed by atoms with Gasteiger partial charge in [-0.05, 0) is 44.4 Å². The van der Waals surface area contributed by atoms with Gasteiger partial charge in [0, 0.05) is 6.04 Å². The molecule has 1 aromatic carbocycles. The van der Waals surface area contributed by atoms with Crippen molar-refractivity contribution in [2.75, 3.05) is 6.61 Å². The van der Waals surface area contributed by atoms with Crippen molar-refractivity contribution in [3.05, 3.63) is 29.8 Å². The third-order valence-corrected chi connectivity index (χ3v) is 2.79. The maximum absolute atomic E-state index is 9.82. The Morgan fingerprint density at radius 3 is 2.41 bits per heavy atom. The fourth-order valence-corrected chi connectivity index (χ4v) is 1.43. The van der Waals surface area contributed by atoms with Gasteiger partial charge in [0.2, 0.25) is 0 Å². The Kier molecular flexibility index (Phi) is 4.97. The predicted molar refractivity (Wildman–Crippen MR) is 70.2 cm³/mol. The minimum absolute atomic E-state index is 0.169. The van der Waals surface area contributed by atoms with Crippen LogP contribution in [0.1, 0.15) is 32.8 Å². The van der Waals surface area contributed by atoms with Gasteiger partial charge in [-0.25, -0.2) is 0 Å². The normalized spacial score (nSPS) is 16.3. The van der Waals surface area contributed by atoms with Crippen molar-refractivity contribution in [1.29, 1.82) is 0 Å². The molecule has 0 aliphatic rings. The SMILES string of the molecule is CCC(C)(O)COc1ccc(CC(C)N)cc1. The second kappa shape index (κ2) is 6.03. The van der Waals surface area contributed by atoms with E-state index < -0.39 is 5.60 Å². The maximum atomic E-state index is 9.82. The molecule has 0 aliphatic carbocycles. The Labute approximate surface area is 104 Å². The maximum Gasteiger partial charge on any atom is 0.119 e. The molecule has 0 aliphatic heterocycles. The summed E-state index contributed by atoms with van der Waals surface area (Å²) in [6, 6.07) is 8.04. The third-order valence-electron chi connectivity index (χ3n) is 2.79. The van der Waals surface area contributed by atoms with Gasteiger partial charge < -0.3 is 15.6 Å². The van der Waals surface area contributed by atoms with Crippen molar-refractivity contribution in [2.45, 2.75) is 45.3 Å². The first-order valence-corrected chi connectivity index (χ1v) is 6.12. The quantitative estimate of drug-likeness (QED) is 0.796. The van der Waals surface area contributed by atoms with Crippen LogP contribution in [-0.2, 0) is 6.42 Å². The van der Waals surface area contributed by atoms with Gasteiger partial charge >= 0.3 is 0 Å². The summed E-state index contributed by atoms with van der Waals surface area (Å²) >= 11 is 0. The van der Waals surface area contributed by atoms with Gasteiger partial charge in [0.1, 0.15) is 12.4 Å². The summed E-state index contributed by atoms with van der Waals surface area (Å²) in [6.45, 7) is 6.02. The number of aliphatic hydroxyl groups is 1. The van der Waals surface area contributed by atoms with Gasteiger partial charge in [-0.1, -0.05) is 19.1 Å². The van der Waals surface area contributed by atoms with Crippen molar-refractivity contribution in [3.8, 4) is 5.75 Å². The summed E-state index contributed by atoms with van der Waals surface area (Å²) < 4.78 is 5.54. The minimum atomic E-state index is -0.759. The zero-order valence-corrected chi connectivity index (χ0v) is 10.9. The number of hydrogen-bond acceptors (Lipinski definition) is 3. The lowest BCUT2D eigenvalue weighted by Gasteiger charge is -2.21. The molecule has 3 nitrogen and oxygen atoms in total. The van der Waals surface area contributed by atoms with E-state index in [1.54, 1.807) is 6.92 Å². The van der Waals surface area contributed by atoms with Crippen LogP contribution in [0.15, 0.2) is 24.3 Å². The summed E-state index contributed by atoms with van der Waals surface area (Å²) in [7, 11) is 0. The predicted octanol–water partition coefficient (Wildman–Crippen LogP) is 2.12. The highest BCUT2D eigenvalue weighted by molar-refractivity contribution is 5.27. The fraction of sp³-hybridized carbons (Fsp3) is 0.571. The number of benzene rings is 1. The van der Waals surface area contributed by atoms with Crippen molar-refractivity contribution < 1.29 is 9.84 Å². The second-order valence-corrected chi connectivity index (χ2v) is 4.96. The van der Waals surface area contributed by atoms with Crippen LogP contribution in [0.5, 0.6) is 5.75 Å². The number of nitrogens with two attached hydrogens (primary N) is 1. The molecular weight excluding hydrogens is 214 g/mol. The van der Waals surface area contributed by atoms with Crippen LogP contribution in [0.2, 0.25) is 0 Å². The molecule has 2 atom stereocenters. The van der Waals surface area contributed by atoms with E-state index in [-0.39, 0.29) is 6.04 Å². The summed E-state index contributed by atoms with van der Waals surface area (Å²) in [5, 5.41) is 9.82. The van der Waals surface area contributed by atoms with Gasteiger partial charge in [-0.2, -0.15) is 0 Å². The largest absolute Gasteiger partial charge is 0.491 e. The van der Waals surface area contributed by atoms with Crippen LogP contribution in [0.3, 0.4) is 0 Å². The monoisotopic (exact) mass is 237 g/mol. The van der Waals surface area contributed by atoms with E-state index in [4.69, 9.17) is 10.5 Å². The molecule has 96 valence electrons. The van der Waals surface area contributed by atoms with Crippen LogP contribution >= 0.6 is 0 Å². The summed E-state index contributed by atoms with van der Waals surface area (Å²) in [5.41, 5.74) is 6.18. The Morgan fingerprint density at radius 1 is 1.35 bits per heavy atom. The van der Waals surface area contributed by atoms with E-state index in [1.807, 2.05) is 38.1 Å². The molecule has 0 spiro atoms. The molecule has 0 aromatic heterocycles. The van der Waals surface area contributed by atoms with E-state index >= 15 is 0 Å². The Bertz CT molecular complexity index is 331. The van der Waals surface area contributed by atoms with Crippen molar-refractivity contribution in [3.63, 3.8) is 0 Å². The highest BCUT2D eigenvalue weighted by Gasteiger charge is 2.18. The van der Waals surface area contributed by atoms with Crippen LogP contribution in [0.4, 0.5) is 0 Å². The summed E-state index contributed by atoms with van der Waals surface area (Å²) in [4.78, 5) is 0. The molecule has 2 unspecified atom stereocenters. The molecule has 1 aromatic rings. The molecule has 0 radical (unpaired) electrons. The summed E-state index contributed by atoms with van der Waals surface area (Å²) in [6.07, 6.45) is 1.54. The zero-order valence-electron chi connectivity index (χ0n) is 10.9.